The van der Waals surface area contributed by atoms with Gasteiger partial charge in [0.25, 0.3) is 0 Å². The van der Waals surface area contributed by atoms with E-state index >= 15 is 0 Å². The summed E-state index contributed by atoms with van der Waals surface area (Å²) in [5.41, 5.74) is 4.80. The highest BCUT2D eigenvalue weighted by Gasteiger charge is 2.13. The molecule has 33 heavy (non-hydrogen) atoms. The molecule has 170 valence electrons. The number of aromatic nitrogens is 5. The van der Waals surface area contributed by atoms with Crippen LogP contribution in [0.25, 0.3) is 27.9 Å². The lowest BCUT2D eigenvalue weighted by Crippen LogP contribution is -2.19. The molecule has 0 saturated carbocycles. The van der Waals surface area contributed by atoms with E-state index in [1.165, 1.54) is 0 Å². The minimum absolute atomic E-state index is 0. The van der Waals surface area contributed by atoms with Gasteiger partial charge in [0.15, 0.2) is 11.5 Å². The molecular weight excluding hydrogens is 420 g/mol. The van der Waals surface area contributed by atoms with Gasteiger partial charge in [0.05, 0.1) is 30.9 Å². The number of imidazole rings is 2. The monoisotopic (exact) mass is 446 g/mol. The lowest BCUT2D eigenvalue weighted by Gasteiger charge is -2.13. The Hall–Kier alpha value is -4.27. The third-order valence-corrected chi connectivity index (χ3v) is 5.60. The van der Waals surface area contributed by atoms with Crippen LogP contribution in [0, 0.1) is 0 Å². The third kappa shape index (κ3) is 3.57. The van der Waals surface area contributed by atoms with E-state index in [0.717, 1.165) is 33.6 Å². The average Bonchev–Trinajstić information content (AvgIpc) is 3.38. The Kier molecular flexibility index (Phi) is 5.55. The maximum Gasteiger partial charge on any atom is 0.328 e. The number of anilines is 2. The second-order valence-corrected chi connectivity index (χ2v) is 7.42. The van der Waals surface area contributed by atoms with Crippen molar-refractivity contribution in [2.45, 2.75) is 7.43 Å². The maximum absolute atomic E-state index is 12.3. The summed E-state index contributed by atoms with van der Waals surface area (Å²) in [6.45, 7) is 0. The number of fused-ring (bicyclic) bond motifs is 2. The van der Waals surface area contributed by atoms with Crippen molar-refractivity contribution in [3.63, 3.8) is 0 Å². The van der Waals surface area contributed by atoms with Crippen LogP contribution in [-0.4, -0.2) is 37.7 Å². The number of methoxy groups -OCH3 is 2. The fourth-order valence-electron chi connectivity index (χ4n) is 3.87. The zero-order valence-electron chi connectivity index (χ0n) is 18.2. The number of hydrogen-bond donors (Lipinski definition) is 1. The van der Waals surface area contributed by atoms with E-state index in [4.69, 9.17) is 14.5 Å². The van der Waals surface area contributed by atoms with Crippen LogP contribution in [-0.2, 0) is 14.1 Å². The zero-order chi connectivity index (χ0) is 22.4. The van der Waals surface area contributed by atoms with Crippen LogP contribution in [0.3, 0.4) is 0 Å². The Morgan fingerprint density at radius 3 is 2.42 bits per heavy atom. The van der Waals surface area contributed by atoms with E-state index in [-0.39, 0.29) is 13.1 Å². The molecule has 3 aromatic heterocycles. The van der Waals surface area contributed by atoms with Gasteiger partial charge in [-0.2, -0.15) is 0 Å². The lowest BCUT2D eigenvalue weighted by atomic mass is 10.1. The molecule has 3 heterocycles. The number of benzene rings is 2. The van der Waals surface area contributed by atoms with Crippen molar-refractivity contribution in [3.8, 4) is 22.8 Å². The van der Waals surface area contributed by atoms with Gasteiger partial charge >= 0.3 is 5.69 Å². The third-order valence-electron chi connectivity index (χ3n) is 5.60. The molecule has 0 saturated heterocycles. The second-order valence-electron chi connectivity index (χ2n) is 7.42. The highest BCUT2D eigenvalue weighted by molar-refractivity contribution is 5.81. The minimum Gasteiger partial charge on any atom is -0.493 e. The number of aryl methyl sites for hydroxylation is 2. The molecule has 0 fully saturated rings. The second kappa shape index (κ2) is 8.34. The topological polar surface area (TPSA) is 87.6 Å². The Morgan fingerprint density at radius 1 is 0.909 bits per heavy atom. The molecule has 0 amide bonds. The van der Waals surface area contributed by atoms with Crippen molar-refractivity contribution in [3.05, 3.63) is 65.3 Å². The Morgan fingerprint density at radius 2 is 1.67 bits per heavy atom. The van der Waals surface area contributed by atoms with Gasteiger partial charge in [-0.05, 0) is 36.4 Å². The van der Waals surface area contributed by atoms with Crippen LogP contribution in [0.1, 0.15) is 7.43 Å². The summed E-state index contributed by atoms with van der Waals surface area (Å²) in [5.74, 6) is 1.88. The number of nitrogens with one attached hydrogen (secondary N) is 1. The van der Waals surface area contributed by atoms with E-state index < -0.39 is 0 Å². The maximum atomic E-state index is 12.3. The average molecular weight is 447 g/mol. The quantitative estimate of drug-likeness (QED) is 0.439. The summed E-state index contributed by atoms with van der Waals surface area (Å²) in [4.78, 5) is 21.5. The van der Waals surface area contributed by atoms with Gasteiger partial charge in [-0.25, -0.2) is 14.8 Å². The predicted octanol–water partition coefficient (Wildman–Crippen LogP) is 3.98. The molecule has 9 heteroatoms. The standard InChI is InChI=1S/C23H22N6O3.CH4/c1-27-17-7-6-15(12-18(17)28(2)23(27)30)25-22-26-16(13-21-24-9-10-29(21)22)14-5-8-19(31-3)20(11-14)32-4;/h5-13H,1-4H3,(H,25,26);1H4. The molecular formula is C24H26N6O3. The van der Waals surface area contributed by atoms with Crippen molar-refractivity contribution < 1.29 is 9.47 Å². The Balaban J connectivity index is 0.00000259. The molecule has 0 aliphatic rings. The van der Waals surface area contributed by atoms with Gasteiger partial charge in [0.2, 0.25) is 5.95 Å². The highest BCUT2D eigenvalue weighted by atomic mass is 16.5. The number of rotatable bonds is 5. The van der Waals surface area contributed by atoms with E-state index in [2.05, 4.69) is 10.3 Å². The van der Waals surface area contributed by atoms with E-state index in [0.29, 0.717) is 17.4 Å². The highest BCUT2D eigenvalue weighted by Crippen LogP contribution is 2.33. The molecule has 1 N–H and O–H groups in total. The Bertz CT molecular complexity index is 1530. The molecule has 0 bridgehead atoms. The molecule has 0 radical (unpaired) electrons. The van der Waals surface area contributed by atoms with E-state index in [1.54, 1.807) is 43.6 Å². The van der Waals surface area contributed by atoms with Gasteiger partial charge in [-0.3, -0.25) is 13.5 Å². The van der Waals surface area contributed by atoms with Crippen LogP contribution in [0.2, 0.25) is 0 Å². The number of hydrogen-bond acceptors (Lipinski definition) is 6. The molecule has 0 atom stereocenters. The van der Waals surface area contributed by atoms with E-state index in [9.17, 15) is 4.79 Å². The fourth-order valence-corrected chi connectivity index (χ4v) is 3.87. The smallest absolute Gasteiger partial charge is 0.328 e. The zero-order valence-corrected chi connectivity index (χ0v) is 18.2. The van der Waals surface area contributed by atoms with Crippen LogP contribution < -0.4 is 20.5 Å². The van der Waals surface area contributed by atoms with Gasteiger partial charge in [0, 0.05) is 43.8 Å². The molecule has 2 aromatic carbocycles. The first kappa shape index (κ1) is 21.9. The number of ether oxygens (including phenoxy) is 2. The van der Waals surface area contributed by atoms with Gasteiger partial charge in [-0.15, -0.1) is 0 Å². The van der Waals surface area contributed by atoms with Gasteiger partial charge < -0.3 is 14.8 Å². The van der Waals surface area contributed by atoms with Crippen molar-refractivity contribution in [2.24, 2.45) is 14.1 Å². The summed E-state index contributed by atoms with van der Waals surface area (Å²) in [6, 6.07) is 13.4. The normalized spacial score (nSPS) is 10.9. The Labute approximate surface area is 190 Å². The van der Waals surface area contributed by atoms with Crippen molar-refractivity contribution in [1.29, 1.82) is 0 Å². The minimum atomic E-state index is -0.0669. The fraction of sp³-hybridized carbons (Fsp3) is 0.208. The molecule has 0 unspecified atom stereocenters. The molecule has 5 aromatic rings. The summed E-state index contributed by atoms with van der Waals surface area (Å²) in [5, 5.41) is 3.37. The van der Waals surface area contributed by atoms with Crippen LogP contribution >= 0.6 is 0 Å². The lowest BCUT2D eigenvalue weighted by molar-refractivity contribution is 0.355. The molecule has 9 nitrogen and oxygen atoms in total. The summed E-state index contributed by atoms with van der Waals surface area (Å²) >= 11 is 0. The van der Waals surface area contributed by atoms with E-state index in [1.807, 2.05) is 53.1 Å². The largest absolute Gasteiger partial charge is 0.493 e. The molecule has 0 aliphatic heterocycles. The predicted molar refractivity (Wildman–Crippen MR) is 130 cm³/mol. The molecule has 0 spiro atoms. The van der Waals surface area contributed by atoms with Crippen molar-refractivity contribution >= 4 is 28.3 Å². The number of nitrogens with zero attached hydrogens (tertiary/aromatic N) is 5. The van der Waals surface area contributed by atoms with Gasteiger partial charge in [-0.1, -0.05) is 7.43 Å². The van der Waals surface area contributed by atoms with Crippen LogP contribution in [0.5, 0.6) is 11.5 Å². The first-order valence-corrected chi connectivity index (χ1v) is 9.99. The van der Waals surface area contributed by atoms with Crippen LogP contribution in [0.4, 0.5) is 11.6 Å². The summed E-state index contributed by atoms with van der Waals surface area (Å²) in [6.07, 6.45) is 3.57. The van der Waals surface area contributed by atoms with Crippen molar-refractivity contribution in [2.75, 3.05) is 19.5 Å². The summed E-state index contributed by atoms with van der Waals surface area (Å²) in [7, 11) is 6.74. The molecule has 5 rings (SSSR count). The van der Waals surface area contributed by atoms with Gasteiger partial charge in [0.1, 0.15) is 5.65 Å². The van der Waals surface area contributed by atoms with Crippen molar-refractivity contribution in [1.82, 2.24) is 23.5 Å². The molecule has 0 aliphatic carbocycles. The first-order chi connectivity index (χ1) is 15.5. The summed E-state index contributed by atoms with van der Waals surface area (Å²) < 4.78 is 15.9. The SMILES string of the molecule is C.COc1ccc(-c2cc3nccn3c(Nc3ccc4c(c3)n(C)c(=O)n4C)n2)cc1OC. The van der Waals surface area contributed by atoms with Crippen LogP contribution in [0.15, 0.2) is 59.7 Å². The first-order valence-electron chi connectivity index (χ1n) is 9.99.